The van der Waals surface area contributed by atoms with E-state index in [0.29, 0.717) is 25.4 Å². The van der Waals surface area contributed by atoms with Crippen molar-refractivity contribution in [3.05, 3.63) is 38.8 Å². The van der Waals surface area contributed by atoms with E-state index < -0.39 is 0 Å². The van der Waals surface area contributed by atoms with Crippen LogP contribution in [-0.4, -0.2) is 41.0 Å². The highest BCUT2D eigenvalue weighted by Gasteiger charge is 2.25. The van der Waals surface area contributed by atoms with Crippen molar-refractivity contribution < 1.29 is 9.53 Å². The molecule has 0 atom stereocenters. The van der Waals surface area contributed by atoms with E-state index in [1.54, 1.807) is 23.3 Å². The molecule has 0 radical (unpaired) electrons. The molecule has 0 saturated heterocycles. The fourth-order valence-electron chi connectivity index (χ4n) is 3.15. The molecule has 0 aliphatic heterocycles. The fourth-order valence-corrected chi connectivity index (χ4v) is 4.06. The number of ether oxygens (including phenoxy) is 1. The second-order valence-corrected chi connectivity index (χ2v) is 7.67. The Bertz CT molecular complexity index is 760. The molecule has 0 saturated carbocycles. The van der Waals surface area contributed by atoms with Gasteiger partial charge >= 0.3 is 0 Å². The summed E-state index contributed by atoms with van der Waals surface area (Å²) in [6.45, 7) is 3.63. The van der Waals surface area contributed by atoms with Crippen LogP contribution in [0.4, 0.5) is 5.95 Å². The maximum Gasteiger partial charge on any atom is 0.273 e. The monoisotopic (exact) mass is 360 g/mol. The number of anilines is 1. The molecule has 3 rings (SSSR count). The van der Waals surface area contributed by atoms with E-state index in [0.717, 1.165) is 41.8 Å². The van der Waals surface area contributed by atoms with Crippen LogP contribution < -0.4 is 5.73 Å². The van der Waals surface area contributed by atoms with Gasteiger partial charge in [0, 0.05) is 34.7 Å². The third kappa shape index (κ3) is 4.16. The predicted molar refractivity (Wildman–Crippen MR) is 98.8 cm³/mol. The number of nitrogens with zero attached hydrogens (tertiary/aromatic N) is 3. The first-order chi connectivity index (χ1) is 12.1. The van der Waals surface area contributed by atoms with E-state index in [9.17, 15) is 4.79 Å². The Labute approximate surface area is 152 Å². The van der Waals surface area contributed by atoms with E-state index in [-0.39, 0.29) is 11.9 Å². The van der Waals surface area contributed by atoms with Crippen molar-refractivity contribution in [3.8, 4) is 0 Å². The van der Waals surface area contributed by atoms with E-state index in [1.807, 2.05) is 0 Å². The first kappa shape index (κ1) is 17.8. The van der Waals surface area contributed by atoms with Crippen molar-refractivity contribution in [2.45, 2.75) is 39.2 Å². The molecule has 134 valence electrons. The minimum absolute atomic E-state index is 0.0876. The van der Waals surface area contributed by atoms with Crippen LogP contribution in [0.2, 0.25) is 0 Å². The van der Waals surface area contributed by atoms with Gasteiger partial charge in [-0.2, -0.15) is 0 Å². The summed E-state index contributed by atoms with van der Waals surface area (Å²) in [6, 6.07) is 4.14. The van der Waals surface area contributed by atoms with Crippen molar-refractivity contribution >= 4 is 23.2 Å². The average molecular weight is 360 g/mol. The van der Waals surface area contributed by atoms with E-state index >= 15 is 0 Å². The van der Waals surface area contributed by atoms with Gasteiger partial charge in [-0.1, -0.05) is 0 Å². The summed E-state index contributed by atoms with van der Waals surface area (Å²) in [7, 11) is 1.64. The highest BCUT2D eigenvalue weighted by atomic mass is 32.1. The zero-order chi connectivity index (χ0) is 17.8. The largest absolute Gasteiger partial charge is 0.383 e. The van der Waals surface area contributed by atoms with Crippen LogP contribution in [-0.2, 0) is 24.1 Å². The normalized spacial score (nSPS) is 13.5. The van der Waals surface area contributed by atoms with Gasteiger partial charge in [0.15, 0.2) is 0 Å². The Morgan fingerprint density at radius 1 is 1.32 bits per heavy atom. The van der Waals surface area contributed by atoms with Crippen LogP contribution >= 0.6 is 11.3 Å². The van der Waals surface area contributed by atoms with Gasteiger partial charge < -0.3 is 15.4 Å². The number of carbonyl (C=O) groups excluding carboxylic acids is 1. The van der Waals surface area contributed by atoms with Gasteiger partial charge in [-0.25, -0.2) is 9.97 Å². The minimum atomic E-state index is -0.0876. The number of methoxy groups -OCH3 is 1. The van der Waals surface area contributed by atoms with Crippen LogP contribution in [0.3, 0.4) is 0 Å². The molecule has 6 nitrogen and oxygen atoms in total. The Balaban J connectivity index is 1.90. The smallest absolute Gasteiger partial charge is 0.273 e. The molecule has 25 heavy (non-hydrogen) atoms. The molecule has 2 aromatic rings. The zero-order valence-corrected chi connectivity index (χ0v) is 15.6. The molecule has 2 heterocycles. The lowest BCUT2D eigenvalue weighted by molar-refractivity contribution is 0.0675. The molecule has 0 bridgehead atoms. The van der Waals surface area contributed by atoms with E-state index in [2.05, 4.69) is 29.0 Å². The summed E-state index contributed by atoms with van der Waals surface area (Å²) in [5.74, 6) is 0.0954. The van der Waals surface area contributed by atoms with Crippen LogP contribution in [0.5, 0.6) is 0 Å². The van der Waals surface area contributed by atoms with Gasteiger partial charge in [-0.05, 0) is 44.7 Å². The predicted octanol–water partition coefficient (Wildman–Crippen LogP) is 2.60. The van der Waals surface area contributed by atoms with Crippen LogP contribution in [0.15, 0.2) is 12.1 Å². The second-order valence-electron chi connectivity index (χ2n) is 6.29. The summed E-state index contributed by atoms with van der Waals surface area (Å²) in [5, 5.41) is 0. The third-order valence-corrected chi connectivity index (χ3v) is 5.38. The molecule has 0 spiro atoms. The highest BCUT2D eigenvalue weighted by Crippen LogP contribution is 2.25. The zero-order valence-electron chi connectivity index (χ0n) is 14.7. The minimum Gasteiger partial charge on any atom is -0.383 e. The molecular formula is C18H24N4O2S. The van der Waals surface area contributed by atoms with Crippen molar-refractivity contribution in [3.63, 3.8) is 0 Å². The third-order valence-electron chi connectivity index (χ3n) is 4.40. The number of hydrogen-bond acceptors (Lipinski definition) is 6. The molecule has 2 N–H and O–H groups in total. The van der Waals surface area contributed by atoms with Gasteiger partial charge in [0.1, 0.15) is 5.69 Å². The number of nitrogen functional groups attached to an aromatic ring is 1. The molecule has 0 aromatic carbocycles. The summed E-state index contributed by atoms with van der Waals surface area (Å²) < 4.78 is 5.19. The number of aromatic nitrogens is 2. The van der Waals surface area contributed by atoms with Gasteiger partial charge in [0.05, 0.1) is 13.2 Å². The van der Waals surface area contributed by atoms with E-state index in [4.69, 9.17) is 10.5 Å². The Hall–Kier alpha value is -1.99. The summed E-state index contributed by atoms with van der Waals surface area (Å²) >= 11 is 1.70. The number of hydrogen-bond donors (Lipinski definition) is 1. The molecule has 1 aliphatic rings. The van der Waals surface area contributed by atoms with Crippen LogP contribution in [0, 0.1) is 6.92 Å². The van der Waals surface area contributed by atoms with Crippen LogP contribution in [0.25, 0.3) is 0 Å². The Morgan fingerprint density at radius 3 is 2.84 bits per heavy atom. The Kier molecular flexibility index (Phi) is 5.65. The Morgan fingerprint density at radius 2 is 2.12 bits per heavy atom. The van der Waals surface area contributed by atoms with Crippen LogP contribution in [0.1, 0.15) is 44.3 Å². The number of carbonyl (C=O) groups is 1. The molecule has 0 fully saturated rings. The van der Waals surface area contributed by atoms with Crippen molar-refractivity contribution in [1.82, 2.24) is 14.9 Å². The fraction of sp³-hybridized carbons (Fsp3) is 0.500. The van der Waals surface area contributed by atoms with Gasteiger partial charge in [-0.3, -0.25) is 4.79 Å². The number of aryl methyl sites for hydroxylation is 2. The molecule has 1 amide bonds. The maximum atomic E-state index is 13.2. The maximum absolute atomic E-state index is 13.2. The van der Waals surface area contributed by atoms with Gasteiger partial charge in [0.2, 0.25) is 5.95 Å². The average Bonchev–Trinajstić information content (AvgIpc) is 3.02. The number of fused-ring (bicyclic) bond motifs is 1. The van der Waals surface area contributed by atoms with Gasteiger partial charge in [-0.15, -0.1) is 11.3 Å². The van der Waals surface area contributed by atoms with Crippen molar-refractivity contribution in [2.75, 3.05) is 26.0 Å². The lowest BCUT2D eigenvalue weighted by atomic mass is 9.94. The standard InChI is InChI=1S/C18H24N4O2S/c1-12-7-8-13(25-12)11-22(9-10-24-2)17(23)16-14-5-3-4-6-15(14)20-18(19)21-16/h7-8H,3-6,9-11H2,1-2H3,(H2,19,20,21). The number of thiophene rings is 1. The first-order valence-corrected chi connectivity index (χ1v) is 9.39. The van der Waals surface area contributed by atoms with Gasteiger partial charge in [0.25, 0.3) is 5.91 Å². The number of amides is 1. The summed E-state index contributed by atoms with van der Waals surface area (Å²) in [4.78, 5) is 26.0. The molecule has 1 aliphatic carbocycles. The molecule has 2 aromatic heterocycles. The van der Waals surface area contributed by atoms with E-state index in [1.165, 1.54) is 4.88 Å². The second kappa shape index (κ2) is 7.93. The SMILES string of the molecule is COCCN(Cc1ccc(C)s1)C(=O)c1nc(N)nc2c1CCCC2. The lowest BCUT2D eigenvalue weighted by Gasteiger charge is -2.24. The topological polar surface area (TPSA) is 81.3 Å². The summed E-state index contributed by atoms with van der Waals surface area (Å²) in [5.41, 5.74) is 8.22. The first-order valence-electron chi connectivity index (χ1n) is 8.57. The molecular weight excluding hydrogens is 336 g/mol. The number of rotatable bonds is 6. The molecule has 7 heteroatoms. The summed E-state index contributed by atoms with van der Waals surface area (Å²) in [6.07, 6.45) is 3.85. The number of nitrogens with two attached hydrogens (primary N) is 1. The van der Waals surface area contributed by atoms with Crippen molar-refractivity contribution in [1.29, 1.82) is 0 Å². The highest BCUT2D eigenvalue weighted by molar-refractivity contribution is 7.11. The lowest BCUT2D eigenvalue weighted by Crippen LogP contribution is -2.35. The quantitative estimate of drug-likeness (QED) is 0.856. The molecule has 0 unspecified atom stereocenters. The van der Waals surface area contributed by atoms with Crippen molar-refractivity contribution in [2.24, 2.45) is 0 Å².